The van der Waals surface area contributed by atoms with E-state index in [2.05, 4.69) is 5.32 Å². The minimum atomic E-state index is -1.17. The molecule has 0 aliphatic carbocycles. The minimum Gasteiger partial charge on any atom is -0.387 e. The molecule has 2 aromatic rings. The smallest absolute Gasteiger partial charge is 0.234 e. The largest absolute Gasteiger partial charge is 0.387 e. The summed E-state index contributed by atoms with van der Waals surface area (Å²) in [7, 11) is 0. The second kappa shape index (κ2) is 4.48. The van der Waals surface area contributed by atoms with Gasteiger partial charge in [-0.15, -0.1) is 0 Å². The van der Waals surface area contributed by atoms with Crippen molar-refractivity contribution >= 4 is 11.6 Å². The molecule has 2 N–H and O–H groups in total. The van der Waals surface area contributed by atoms with Gasteiger partial charge in [0.15, 0.2) is 0 Å². The van der Waals surface area contributed by atoms with Crippen LogP contribution in [0.4, 0.5) is 10.1 Å². The van der Waals surface area contributed by atoms with Crippen molar-refractivity contribution < 1.29 is 14.3 Å². The fraction of sp³-hybridized carbons (Fsp3) is 0.133. The molecular weight excluding hydrogens is 245 g/mol. The predicted molar refractivity (Wildman–Crippen MR) is 69.2 cm³/mol. The molecule has 2 unspecified atom stereocenters. The molecule has 96 valence electrons. The van der Waals surface area contributed by atoms with Gasteiger partial charge in [-0.25, -0.2) is 4.39 Å². The van der Waals surface area contributed by atoms with E-state index >= 15 is 0 Å². The topological polar surface area (TPSA) is 49.3 Å². The van der Waals surface area contributed by atoms with Gasteiger partial charge < -0.3 is 10.4 Å². The summed E-state index contributed by atoms with van der Waals surface area (Å²) in [6, 6.07) is 13.3. The summed E-state index contributed by atoms with van der Waals surface area (Å²) < 4.78 is 13.8. The lowest BCUT2D eigenvalue weighted by atomic mass is 9.84. The van der Waals surface area contributed by atoms with Crippen LogP contribution in [0.2, 0.25) is 0 Å². The molecule has 0 saturated heterocycles. The summed E-state index contributed by atoms with van der Waals surface area (Å²) in [4.78, 5) is 12.1. The highest BCUT2D eigenvalue weighted by Gasteiger charge is 2.37. The molecule has 0 aromatic heterocycles. The molecule has 0 bridgehead atoms. The van der Waals surface area contributed by atoms with Crippen molar-refractivity contribution in [2.24, 2.45) is 0 Å². The SMILES string of the molecule is O=C1Nc2cccc(F)c2C(O)C1c1ccccc1. The van der Waals surface area contributed by atoms with Crippen LogP contribution >= 0.6 is 0 Å². The summed E-state index contributed by atoms with van der Waals surface area (Å²) in [5.74, 6) is -1.62. The Morgan fingerprint density at radius 2 is 1.79 bits per heavy atom. The molecule has 1 aliphatic heterocycles. The molecule has 3 rings (SSSR count). The number of anilines is 1. The molecule has 2 atom stereocenters. The Morgan fingerprint density at radius 1 is 1.05 bits per heavy atom. The van der Waals surface area contributed by atoms with Crippen molar-refractivity contribution in [1.29, 1.82) is 0 Å². The van der Waals surface area contributed by atoms with Crippen molar-refractivity contribution in [3.63, 3.8) is 0 Å². The first-order valence-corrected chi connectivity index (χ1v) is 6.01. The van der Waals surface area contributed by atoms with Crippen LogP contribution < -0.4 is 5.32 Å². The molecule has 1 heterocycles. The molecule has 2 aromatic carbocycles. The van der Waals surface area contributed by atoms with E-state index < -0.39 is 17.8 Å². The normalized spacial score (nSPS) is 21.7. The Morgan fingerprint density at radius 3 is 2.53 bits per heavy atom. The highest BCUT2D eigenvalue weighted by Crippen LogP contribution is 2.40. The summed E-state index contributed by atoms with van der Waals surface area (Å²) >= 11 is 0. The third-order valence-corrected chi connectivity index (χ3v) is 3.36. The van der Waals surface area contributed by atoms with Crippen LogP contribution in [-0.2, 0) is 4.79 Å². The molecular formula is C15H12FNO2. The van der Waals surface area contributed by atoms with E-state index in [0.29, 0.717) is 11.3 Å². The lowest BCUT2D eigenvalue weighted by Gasteiger charge is -2.30. The average molecular weight is 257 g/mol. The zero-order valence-electron chi connectivity index (χ0n) is 10.0. The predicted octanol–water partition coefficient (Wildman–Crippen LogP) is 2.60. The van der Waals surface area contributed by atoms with Crippen molar-refractivity contribution in [2.75, 3.05) is 5.32 Å². The van der Waals surface area contributed by atoms with Gasteiger partial charge in [-0.2, -0.15) is 0 Å². The maximum absolute atomic E-state index is 13.8. The second-order valence-electron chi connectivity index (χ2n) is 4.52. The van der Waals surface area contributed by atoms with Crippen LogP contribution in [0.1, 0.15) is 23.1 Å². The minimum absolute atomic E-state index is 0.149. The van der Waals surface area contributed by atoms with Gasteiger partial charge in [0.25, 0.3) is 0 Å². The van der Waals surface area contributed by atoms with E-state index in [0.717, 1.165) is 0 Å². The van der Waals surface area contributed by atoms with Crippen LogP contribution in [0.5, 0.6) is 0 Å². The molecule has 0 saturated carbocycles. The van der Waals surface area contributed by atoms with Gasteiger partial charge in [-0.05, 0) is 17.7 Å². The Hall–Kier alpha value is -2.20. The van der Waals surface area contributed by atoms with Crippen LogP contribution in [0.25, 0.3) is 0 Å². The number of fused-ring (bicyclic) bond motifs is 1. The molecule has 0 spiro atoms. The molecule has 0 radical (unpaired) electrons. The van der Waals surface area contributed by atoms with Crippen LogP contribution in [-0.4, -0.2) is 11.0 Å². The summed E-state index contributed by atoms with van der Waals surface area (Å²) in [5, 5.41) is 13.0. The molecule has 1 amide bonds. The Kier molecular flexibility index (Phi) is 2.80. The maximum atomic E-state index is 13.8. The van der Waals surface area contributed by atoms with Crippen LogP contribution in [0.15, 0.2) is 48.5 Å². The van der Waals surface area contributed by atoms with E-state index in [1.807, 2.05) is 6.07 Å². The molecule has 19 heavy (non-hydrogen) atoms. The zero-order valence-corrected chi connectivity index (χ0v) is 10.0. The van der Waals surface area contributed by atoms with E-state index in [9.17, 15) is 14.3 Å². The number of benzene rings is 2. The van der Waals surface area contributed by atoms with Crippen LogP contribution in [0.3, 0.4) is 0 Å². The third kappa shape index (κ3) is 1.90. The summed E-state index contributed by atoms with van der Waals surface area (Å²) in [6.07, 6.45) is -1.17. The van der Waals surface area contributed by atoms with Crippen molar-refractivity contribution in [1.82, 2.24) is 0 Å². The third-order valence-electron chi connectivity index (χ3n) is 3.36. The first-order valence-electron chi connectivity index (χ1n) is 6.01. The first kappa shape index (κ1) is 11.9. The molecule has 1 aliphatic rings. The maximum Gasteiger partial charge on any atom is 0.234 e. The Balaban J connectivity index is 2.10. The zero-order chi connectivity index (χ0) is 13.4. The van der Waals surface area contributed by atoms with Gasteiger partial charge in [0.1, 0.15) is 5.82 Å². The number of aliphatic hydroxyl groups is 1. The lowest BCUT2D eigenvalue weighted by molar-refractivity contribution is -0.120. The number of rotatable bonds is 1. The molecule has 3 nitrogen and oxygen atoms in total. The number of carbonyl (C=O) groups is 1. The van der Waals surface area contributed by atoms with Crippen molar-refractivity contribution in [2.45, 2.75) is 12.0 Å². The highest BCUT2D eigenvalue weighted by atomic mass is 19.1. The van der Waals surface area contributed by atoms with Crippen molar-refractivity contribution in [3.05, 3.63) is 65.5 Å². The summed E-state index contributed by atoms with van der Waals surface area (Å²) in [5.41, 5.74) is 1.15. The van der Waals surface area contributed by atoms with Crippen LogP contribution in [0, 0.1) is 5.82 Å². The number of halogens is 1. The van der Waals surface area contributed by atoms with E-state index in [1.165, 1.54) is 12.1 Å². The van der Waals surface area contributed by atoms with Gasteiger partial charge in [-0.1, -0.05) is 36.4 Å². The van der Waals surface area contributed by atoms with Gasteiger partial charge >= 0.3 is 0 Å². The van der Waals surface area contributed by atoms with Gasteiger partial charge in [0.2, 0.25) is 5.91 Å². The number of carbonyl (C=O) groups excluding carboxylic acids is 1. The number of hydrogen-bond acceptors (Lipinski definition) is 2. The molecule has 4 heteroatoms. The number of hydrogen-bond donors (Lipinski definition) is 2. The Labute approximate surface area is 109 Å². The molecule has 0 fully saturated rings. The van der Waals surface area contributed by atoms with Crippen molar-refractivity contribution in [3.8, 4) is 0 Å². The Bertz CT molecular complexity index is 627. The van der Waals surface area contributed by atoms with Gasteiger partial charge in [0, 0.05) is 11.3 Å². The first-order chi connectivity index (χ1) is 9.18. The fourth-order valence-electron chi connectivity index (χ4n) is 2.46. The second-order valence-corrected chi connectivity index (χ2v) is 4.52. The number of amides is 1. The van der Waals surface area contributed by atoms with E-state index in [4.69, 9.17) is 0 Å². The number of nitrogens with one attached hydrogen (secondary N) is 1. The van der Waals surface area contributed by atoms with Gasteiger partial charge in [0.05, 0.1) is 12.0 Å². The highest BCUT2D eigenvalue weighted by molar-refractivity contribution is 5.99. The summed E-state index contributed by atoms with van der Waals surface area (Å²) in [6.45, 7) is 0. The van der Waals surface area contributed by atoms with E-state index in [-0.39, 0.29) is 11.5 Å². The lowest BCUT2D eigenvalue weighted by Crippen LogP contribution is -2.32. The fourth-order valence-corrected chi connectivity index (χ4v) is 2.46. The average Bonchev–Trinajstić information content (AvgIpc) is 2.39. The quantitative estimate of drug-likeness (QED) is 0.825. The monoisotopic (exact) mass is 257 g/mol. The van der Waals surface area contributed by atoms with E-state index in [1.54, 1.807) is 30.3 Å². The van der Waals surface area contributed by atoms with Gasteiger partial charge in [-0.3, -0.25) is 4.79 Å². The number of aliphatic hydroxyl groups excluding tert-OH is 1. The standard InChI is InChI=1S/C15H12FNO2/c16-10-7-4-8-11-13(10)14(18)12(15(19)17-11)9-5-2-1-3-6-9/h1-8,12,14,18H,(H,17,19).